The topological polar surface area (TPSA) is 15.3 Å². The van der Waals surface area contributed by atoms with Gasteiger partial charge in [-0.05, 0) is 36.6 Å². The molecule has 2 nitrogen and oxygen atoms in total. The molecule has 0 spiro atoms. The summed E-state index contributed by atoms with van der Waals surface area (Å²) in [7, 11) is 0. The Balaban J connectivity index is 2.44. The fourth-order valence-electron chi connectivity index (χ4n) is 2.40. The maximum atomic E-state index is 3.46. The maximum Gasteiger partial charge on any atom is 0.0233 e. The predicted molar refractivity (Wildman–Crippen MR) is 89.1 cm³/mol. The number of benzene rings is 1. The van der Waals surface area contributed by atoms with Crippen LogP contribution in [0.4, 0.5) is 0 Å². The van der Waals surface area contributed by atoms with Gasteiger partial charge < -0.3 is 5.32 Å². The molecule has 1 aromatic rings. The van der Waals surface area contributed by atoms with Gasteiger partial charge in [-0.15, -0.1) is 0 Å². The van der Waals surface area contributed by atoms with E-state index in [2.05, 4.69) is 69.1 Å². The molecule has 0 aromatic heterocycles. The molecule has 0 heterocycles. The zero-order chi connectivity index (χ0) is 15.0. The van der Waals surface area contributed by atoms with E-state index in [4.69, 9.17) is 0 Å². The third kappa shape index (κ3) is 7.06. The van der Waals surface area contributed by atoms with Gasteiger partial charge in [-0.3, -0.25) is 4.90 Å². The Labute approximate surface area is 125 Å². The molecule has 0 amide bonds. The minimum atomic E-state index is 0.573. The van der Waals surface area contributed by atoms with Crippen molar-refractivity contribution in [2.75, 3.05) is 19.6 Å². The Bertz CT molecular complexity index is 354. The molecule has 0 aliphatic carbocycles. The summed E-state index contributed by atoms with van der Waals surface area (Å²) in [6.45, 7) is 15.6. The fourth-order valence-corrected chi connectivity index (χ4v) is 2.40. The Morgan fingerprint density at radius 2 is 1.60 bits per heavy atom. The molecule has 0 bridgehead atoms. The molecule has 1 N–H and O–H groups in total. The summed E-state index contributed by atoms with van der Waals surface area (Å²) in [5.74, 6) is 0.733. The van der Waals surface area contributed by atoms with Crippen molar-refractivity contribution in [2.24, 2.45) is 5.92 Å². The van der Waals surface area contributed by atoms with Crippen LogP contribution < -0.4 is 5.32 Å². The van der Waals surface area contributed by atoms with Crippen LogP contribution in [0.2, 0.25) is 0 Å². The molecule has 0 fully saturated rings. The molecule has 114 valence electrons. The first kappa shape index (κ1) is 17.2. The Kier molecular flexibility index (Phi) is 7.86. The minimum Gasteiger partial charge on any atom is -0.314 e. The number of hydrogen-bond acceptors (Lipinski definition) is 2. The van der Waals surface area contributed by atoms with Crippen molar-refractivity contribution in [2.45, 2.75) is 53.6 Å². The highest BCUT2D eigenvalue weighted by molar-refractivity contribution is 5.22. The normalized spacial score (nSPS) is 11.8. The standard InChI is InChI=1S/C18H32N2/c1-6-20(13-15(2)3)14-18-9-7-17(8-10-18)11-12-19-16(4)5/h7-10,15-16,19H,6,11-14H2,1-5H3. The highest BCUT2D eigenvalue weighted by atomic mass is 15.1. The summed E-state index contributed by atoms with van der Waals surface area (Å²) in [6, 6.07) is 9.70. The molecule has 0 aliphatic rings. The van der Waals surface area contributed by atoms with Gasteiger partial charge in [-0.2, -0.15) is 0 Å². The summed E-state index contributed by atoms with van der Waals surface area (Å²) in [5.41, 5.74) is 2.85. The lowest BCUT2D eigenvalue weighted by atomic mass is 10.1. The van der Waals surface area contributed by atoms with Crippen LogP contribution in [0.3, 0.4) is 0 Å². The average Bonchev–Trinajstić information content (AvgIpc) is 2.39. The van der Waals surface area contributed by atoms with E-state index in [0.717, 1.165) is 32.0 Å². The Morgan fingerprint density at radius 3 is 2.10 bits per heavy atom. The molecule has 1 aromatic carbocycles. The van der Waals surface area contributed by atoms with E-state index in [1.165, 1.54) is 17.7 Å². The van der Waals surface area contributed by atoms with Crippen LogP contribution in [0.25, 0.3) is 0 Å². The van der Waals surface area contributed by atoms with E-state index in [1.807, 2.05) is 0 Å². The first-order valence-corrected chi connectivity index (χ1v) is 8.04. The van der Waals surface area contributed by atoms with Crippen LogP contribution >= 0.6 is 0 Å². The van der Waals surface area contributed by atoms with Crippen LogP contribution in [0.15, 0.2) is 24.3 Å². The van der Waals surface area contributed by atoms with Crippen molar-refractivity contribution in [1.29, 1.82) is 0 Å². The third-order valence-electron chi connectivity index (χ3n) is 3.47. The average molecular weight is 276 g/mol. The predicted octanol–water partition coefficient (Wildman–Crippen LogP) is 3.71. The maximum absolute atomic E-state index is 3.46. The van der Waals surface area contributed by atoms with Crippen molar-refractivity contribution < 1.29 is 0 Å². The SMILES string of the molecule is CCN(Cc1ccc(CCNC(C)C)cc1)CC(C)C. The van der Waals surface area contributed by atoms with Crippen molar-refractivity contribution in [3.63, 3.8) is 0 Å². The number of nitrogens with one attached hydrogen (secondary N) is 1. The smallest absolute Gasteiger partial charge is 0.0233 e. The highest BCUT2D eigenvalue weighted by Gasteiger charge is 2.06. The fraction of sp³-hybridized carbons (Fsp3) is 0.667. The quantitative estimate of drug-likeness (QED) is 0.740. The monoisotopic (exact) mass is 276 g/mol. The number of nitrogens with zero attached hydrogens (tertiary/aromatic N) is 1. The van der Waals surface area contributed by atoms with E-state index < -0.39 is 0 Å². The van der Waals surface area contributed by atoms with Gasteiger partial charge in [0, 0.05) is 19.1 Å². The molecule has 0 saturated heterocycles. The Hall–Kier alpha value is -0.860. The summed E-state index contributed by atoms with van der Waals surface area (Å²) in [4.78, 5) is 2.51. The van der Waals surface area contributed by atoms with E-state index in [0.29, 0.717) is 6.04 Å². The van der Waals surface area contributed by atoms with Crippen molar-refractivity contribution in [1.82, 2.24) is 10.2 Å². The largest absolute Gasteiger partial charge is 0.314 e. The molecule has 2 heteroatoms. The van der Waals surface area contributed by atoms with Gasteiger partial charge in [-0.1, -0.05) is 58.9 Å². The van der Waals surface area contributed by atoms with E-state index in [-0.39, 0.29) is 0 Å². The van der Waals surface area contributed by atoms with Gasteiger partial charge in [0.25, 0.3) is 0 Å². The molecular formula is C18H32N2. The summed E-state index contributed by atoms with van der Waals surface area (Å²) < 4.78 is 0. The van der Waals surface area contributed by atoms with Crippen LogP contribution in [-0.4, -0.2) is 30.6 Å². The second-order valence-corrected chi connectivity index (χ2v) is 6.40. The van der Waals surface area contributed by atoms with Gasteiger partial charge in [0.15, 0.2) is 0 Å². The second-order valence-electron chi connectivity index (χ2n) is 6.40. The van der Waals surface area contributed by atoms with Crippen molar-refractivity contribution in [3.05, 3.63) is 35.4 Å². The molecule has 0 unspecified atom stereocenters. The van der Waals surface area contributed by atoms with Gasteiger partial charge in [-0.25, -0.2) is 0 Å². The van der Waals surface area contributed by atoms with E-state index >= 15 is 0 Å². The number of hydrogen-bond donors (Lipinski definition) is 1. The van der Waals surface area contributed by atoms with Crippen LogP contribution in [0, 0.1) is 5.92 Å². The van der Waals surface area contributed by atoms with E-state index in [1.54, 1.807) is 0 Å². The minimum absolute atomic E-state index is 0.573. The first-order chi connectivity index (χ1) is 9.51. The van der Waals surface area contributed by atoms with Gasteiger partial charge in [0.05, 0.1) is 0 Å². The second kappa shape index (κ2) is 9.15. The van der Waals surface area contributed by atoms with Gasteiger partial charge in [0.1, 0.15) is 0 Å². The third-order valence-corrected chi connectivity index (χ3v) is 3.47. The molecular weight excluding hydrogens is 244 g/mol. The molecule has 0 radical (unpaired) electrons. The molecule has 0 saturated carbocycles. The van der Waals surface area contributed by atoms with Gasteiger partial charge >= 0.3 is 0 Å². The summed E-state index contributed by atoms with van der Waals surface area (Å²) in [6.07, 6.45) is 1.11. The van der Waals surface area contributed by atoms with E-state index in [9.17, 15) is 0 Å². The van der Waals surface area contributed by atoms with Crippen molar-refractivity contribution >= 4 is 0 Å². The summed E-state index contributed by atoms with van der Waals surface area (Å²) >= 11 is 0. The molecule has 0 aliphatic heterocycles. The zero-order valence-corrected chi connectivity index (χ0v) is 13.9. The summed E-state index contributed by atoms with van der Waals surface area (Å²) in [5, 5.41) is 3.46. The van der Waals surface area contributed by atoms with Crippen LogP contribution in [0.5, 0.6) is 0 Å². The van der Waals surface area contributed by atoms with Gasteiger partial charge in [0.2, 0.25) is 0 Å². The van der Waals surface area contributed by atoms with Crippen LogP contribution in [0.1, 0.15) is 45.7 Å². The molecule has 0 atom stereocenters. The molecule has 1 rings (SSSR count). The first-order valence-electron chi connectivity index (χ1n) is 8.04. The lowest BCUT2D eigenvalue weighted by molar-refractivity contribution is 0.248. The zero-order valence-electron chi connectivity index (χ0n) is 13.9. The lowest BCUT2D eigenvalue weighted by Crippen LogP contribution is -2.27. The number of rotatable bonds is 9. The lowest BCUT2D eigenvalue weighted by Gasteiger charge is -2.22. The van der Waals surface area contributed by atoms with Crippen molar-refractivity contribution in [3.8, 4) is 0 Å². The van der Waals surface area contributed by atoms with Crippen LogP contribution in [-0.2, 0) is 13.0 Å². The highest BCUT2D eigenvalue weighted by Crippen LogP contribution is 2.09. The Morgan fingerprint density at radius 1 is 1.00 bits per heavy atom. The molecule has 20 heavy (non-hydrogen) atoms.